The van der Waals surface area contributed by atoms with Crippen molar-refractivity contribution < 1.29 is 14.1 Å². The summed E-state index contributed by atoms with van der Waals surface area (Å²) in [6, 6.07) is 3.38. The summed E-state index contributed by atoms with van der Waals surface area (Å²) in [5, 5.41) is 17.8. The Labute approximate surface area is 164 Å². The van der Waals surface area contributed by atoms with Gasteiger partial charge in [-0.1, -0.05) is 24.9 Å². The number of carbonyl (C=O) groups is 1. The van der Waals surface area contributed by atoms with E-state index in [2.05, 4.69) is 10.4 Å². The smallest absolute Gasteiger partial charge is 0.408 e. The van der Waals surface area contributed by atoms with Gasteiger partial charge in [-0.2, -0.15) is 4.68 Å². The Morgan fingerprint density at radius 2 is 2.26 bits per heavy atom. The summed E-state index contributed by atoms with van der Waals surface area (Å²) in [6.45, 7) is 2.78. The number of nitrogens with zero attached hydrogens (tertiary/aromatic N) is 4. The third kappa shape index (κ3) is 4.17. The van der Waals surface area contributed by atoms with Crippen LogP contribution in [0.4, 0.5) is 5.82 Å². The number of hydrogen-bond donors (Lipinski definition) is 1. The highest BCUT2D eigenvalue weighted by atomic mass is 35.5. The van der Waals surface area contributed by atoms with E-state index >= 15 is 0 Å². The van der Waals surface area contributed by atoms with Gasteiger partial charge >= 0.3 is 5.82 Å². The molecule has 1 N–H and O–H groups in total. The van der Waals surface area contributed by atoms with E-state index in [0.717, 1.165) is 12.8 Å². The zero-order chi connectivity index (χ0) is 19.6. The number of halogens is 1. The minimum Gasteiger partial charge on any atom is -0.460 e. The molecule has 9 nitrogen and oxygen atoms in total. The first kappa shape index (κ1) is 19.1. The van der Waals surface area contributed by atoms with E-state index in [1.807, 2.05) is 6.92 Å². The molecule has 1 saturated heterocycles. The van der Waals surface area contributed by atoms with Gasteiger partial charge in [-0.15, -0.1) is 0 Å². The largest absolute Gasteiger partial charge is 0.460 e. The molecule has 0 aromatic carbocycles. The first-order valence-corrected chi connectivity index (χ1v) is 8.98. The highest BCUT2D eigenvalue weighted by Crippen LogP contribution is 2.23. The number of rotatable bonds is 7. The van der Waals surface area contributed by atoms with Crippen LogP contribution in [0.1, 0.15) is 31.3 Å². The summed E-state index contributed by atoms with van der Waals surface area (Å²) in [5.74, 6) is 0.355. The predicted molar refractivity (Wildman–Crippen MR) is 102 cm³/mol. The second kappa shape index (κ2) is 7.89. The van der Waals surface area contributed by atoms with Gasteiger partial charge in [-0.05, 0) is 35.7 Å². The second-order valence-electron chi connectivity index (χ2n) is 5.86. The van der Waals surface area contributed by atoms with Gasteiger partial charge in [0.1, 0.15) is 23.8 Å². The fourth-order valence-electron chi connectivity index (χ4n) is 2.54. The normalized spacial score (nSPS) is 15.6. The van der Waals surface area contributed by atoms with Crippen molar-refractivity contribution in [2.75, 3.05) is 6.54 Å². The first-order valence-electron chi connectivity index (χ1n) is 8.19. The zero-order valence-corrected chi connectivity index (χ0v) is 15.9. The molecule has 1 aliphatic heterocycles. The summed E-state index contributed by atoms with van der Waals surface area (Å²) in [4.78, 5) is 24.1. The molecule has 11 heteroatoms. The van der Waals surface area contributed by atoms with Crippen molar-refractivity contribution in [3.8, 4) is 0 Å². The second-order valence-corrected chi connectivity index (χ2v) is 6.65. The fraction of sp³-hybridized carbons (Fsp3) is 0.312. The van der Waals surface area contributed by atoms with E-state index in [1.54, 1.807) is 18.2 Å². The number of nitro groups is 1. The Kier molecular flexibility index (Phi) is 5.57. The van der Waals surface area contributed by atoms with Crippen molar-refractivity contribution in [1.82, 2.24) is 20.0 Å². The SMILES string of the molecule is CCCCN1C(=O)/C(=C\c2ccc(Cn3cc(Cl)c([N+](=O)[O-])n3)o2)NC1=S. The molecule has 0 spiro atoms. The Morgan fingerprint density at radius 1 is 1.48 bits per heavy atom. The van der Waals surface area contributed by atoms with Gasteiger partial charge in [-0.3, -0.25) is 9.69 Å². The van der Waals surface area contributed by atoms with Crippen LogP contribution in [0.25, 0.3) is 6.08 Å². The summed E-state index contributed by atoms with van der Waals surface area (Å²) in [7, 11) is 0. The van der Waals surface area contributed by atoms with E-state index in [4.69, 9.17) is 28.2 Å². The van der Waals surface area contributed by atoms with Crippen LogP contribution in [0, 0.1) is 10.1 Å². The lowest BCUT2D eigenvalue weighted by atomic mass is 10.3. The minimum atomic E-state index is -0.651. The van der Waals surface area contributed by atoms with E-state index in [9.17, 15) is 14.9 Å². The number of amides is 1. The Hall–Kier alpha value is -2.72. The van der Waals surface area contributed by atoms with Crippen molar-refractivity contribution in [3.05, 3.63) is 50.7 Å². The van der Waals surface area contributed by atoms with E-state index in [0.29, 0.717) is 28.9 Å². The Bertz CT molecular complexity index is 935. The molecule has 1 fully saturated rings. The van der Waals surface area contributed by atoms with Gasteiger partial charge in [0.25, 0.3) is 5.91 Å². The van der Waals surface area contributed by atoms with Crippen molar-refractivity contribution in [2.24, 2.45) is 0 Å². The lowest BCUT2D eigenvalue weighted by Crippen LogP contribution is -2.31. The molecule has 27 heavy (non-hydrogen) atoms. The quantitative estimate of drug-likeness (QED) is 0.324. The van der Waals surface area contributed by atoms with Crippen molar-refractivity contribution in [2.45, 2.75) is 26.3 Å². The number of unbranched alkanes of at least 4 members (excludes halogenated alkanes) is 1. The molecule has 1 amide bonds. The van der Waals surface area contributed by atoms with Gasteiger partial charge in [0.05, 0.1) is 11.3 Å². The predicted octanol–water partition coefficient (Wildman–Crippen LogP) is 2.94. The Morgan fingerprint density at radius 3 is 2.93 bits per heavy atom. The highest BCUT2D eigenvalue weighted by Gasteiger charge is 2.30. The van der Waals surface area contributed by atoms with Crippen molar-refractivity contribution >= 4 is 46.7 Å². The molecule has 0 aliphatic carbocycles. The summed E-state index contributed by atoms with van der Waals surface area (Å²) < 4.78 is 6.97. The third-order valence-corrected chi connectivity index (χ3v) is 4.45. The van der Waals surface area contributed by atoms with Gasteiger partial charge < -0.3 is 19.8 Å². The van der Waals surface area contributed by atoms with Crippen LogP contribution in [-0.4, -0.2) is 37.2 Å². The molecular formula is C16H16ClN5O4S. The first-order chi connectivity index (χ1) is 12.9. The number of thiocarbonyl (C=S) groups is 1. The number of carbonyl (C=O) groups excluding carboxylic acids is 1. The summed E-state index contributed by atoms with van der Waals surface area (Å²) in [6.07, 6.45) is 4.75. The lowest BCUT2D eigenvalue weighted by Gasteiger charge is -2.12. The number of aromatic nitrogens is 2. The van der Waals surface area contributed by atoms with Crippen LogP contribution in [0.2, 0.25) is 5.02 Å². The minimum absolute atomic E-state index is 0.0460. The fourth-order valence-corrected chi connectivity index (χ4v) is 3.05. The maximum absolute atomic E-state index is 12.4. The molecule has 1 aliphatic rings. The summed E-state index contributed by atoms with van der Waals surface area (Å²) in [5.41, 5.74) is 0.342. The van der Waals surface area contributed by atoms with Crippen LogP contribution in [0.3, 0.4) is 0 Å². The molecule has 3 heterocycles. The topological polar surface area (TPSA) is 106 Å². The van der Waals surface area contributed by atoms with E-state index in [1.165, 1.54) is 15.8 Å². The lowest BCUT2D eigenvalue weighted by molar-refractivity contribution is -0.389. The van der Waals surface area contributed by atoms with Crippen LogP contribution in [0.5, 0.6) is 0 Å². The van der Waals surface area contributed by atoms with Gasteiger partial charge in [0.15, 0.2) is 10.1 Å². The third-order valence-electron chi connectivity index (χ3n) is 3.86. The maximum Gasteiger partial charge on any atom is 0.408 e. The molecule has 2 aromatic rings. The average molecular weight is 410 g/mol. The molecule has 0 unspecified atom stereocenters. The molecule has 3 rings (SSSR count). The molecular weight excluding hydrogens is 394 g/mol. The number of nitrogens with one attached hydrogen (secondary N) is 1. The van der Waals surface area contributed by atoms with Crippen LogP contribution >= 0.6 is 23.8 Å². The van der Waals surface area contributed by atoms with Crippen LogP contribution in [0.15, 0.2) is 28.4 Å². The van der Waals surface area contributed by atoms with E-state index < -0.39 is 10.7 Å². The molecule has 0 radical (unpaired) electrons. The zero-order valence-electron chi connectivity index (χ0n) is 14.3. The number of hydrogen-bond acceptors (Lipinski definition) is 6. The van der Waals surface area contributed by atoms with Gasteiger partial charge in [-0.25, -0.2) is 0 Å². The molecule has 0 saturated carbocycles. The van der Waals surface area contributed by atoms with Crippen LogP contribution < -0.4 is 5.32 Å². The van der Waals surface area contributed by atoms with Crippen molar-refractivity contribution in [3.63, 3.8) is 0 Å². The number of furan rings is 1. The van der Waals surface area contributed by atoms with Crippen LogP contribution in [-0.2, 0) is 11.3 Å². The standard InChI is InChI=1S/C16H16ClN5O4S/c1-2-3-6-21-15(23)13(18-16(21)27)7-10-4-5-11(26-10)8-20-9-12(17)14(19-20)22(24)25/h4-5,7,9H,2-3,6,8H2,1H3,(H,18,27)/b13-7+. The van der Waals surface area contributed by atoms with Gasteiger partial charge in [0, 0.05) is 12.6 Å². The van der Waals surface area contributed by atoms with E-state index in [-0.39, 0.29) is 17.5 Å². The summed E-state index contributed by atoms with van der Waals surface area (Å²) >= 11 is 11.0. The van der Waals surface area contributed by atoms with Gasteiger partial charge in [0.2, 0.25) is 0 Å². The monoisotopic (exact) mass is 409 g/mol. The molecule has 0 bridgehead atoms. The molecule has 142 valence electrons. The highest BCUT2D eigenvalue weighted by molar-refractivity contribution is 7.80. The Balaban J connectivity index is 1.72. The average Bonchev–Trinajstić information content (AvgIpc) is 3.27. The maximum atomic E-state index is 12.4. The molecule has 0 atom stereocenters. The molecule has 2 aromatic heterocycles. The van der Waals surface area contributed by atoms with Crippen molar-refractivity contribution in [1.29, 1.82) is 0 Å².